The maximum absolute atomic E-state index is 13.6. The molecule has 2 rings (SSSR count). The number of hydrogen-bond acceptors (Lipinski definition) is 5. The van der Waals surface area contributed by atoms with Gasteiger partial charge in [-0.25, -0.2) is 9.18 Å². The molecule has 2 atom stereocenters. The average Bonchev–Trinajstić information content (AvgIpc) is 2.63. The summed E-state index contributed by atoms with van der Waals surface area (Å²) in [6.07, 6.45) is -1.59. The molecule has 138 valence electrons. The number of amides is 2. The molecule has 2 amide bonds. The van der Waals surface area contributed by atoms with Crippen LogP contribution in [0, 0.1) is 11.7 Å². The van der Waals surface area contributed by atoms with Crippen molar-refractivity contribution >= 4 is 12.0 Å². The summed E-state index contributed by atoms with van der Waals surface area (Å²) in [4.78, 5) is 24.1. The first-order valence-electron chi connectivity index (χ1n) is 8.08. The van der Waals surface area contributed by atoms with Crippen LogP contribution in [0.3, 0.4) is 0 Å². The average molecular weight is 361 g/mol. The molecule has 0 fully saturated rings. The molecule has 0 saturated heterocycles. The number of rotatable bonds is 6. The van der Waals surface area contributed by atoms with E-state index in [9.17, 15) is 19.1 Å². The van der Waals surface area contributed by atoms with Crippen molar-refractivity contribution in [3.63, 3.8) is 0 Å². The predicted molar refractivity (Wildman–Crippen MR) is 92.1 cm³/mol. The van der Waals surface area contributed by atoms with Crippen LogP contribution in [0.5, 0.6) is 5.75 Å². The summed E-state index contributed by atoms with van der Waals surface area (Å²) in [6, 6.07) is 11.8. The normalized spacial score (nSPS) is 12.9. The second kappa shape index (κ2) is 8.96. The van der Waals surface area contributed by atoms with Gasteiger partial charge in [-0.3, -0.25) is 10.1 Å². The van der Waals surface area contributed by atoms with Crippen LogP contribution in [0.25, 0.3) is 0 Å². The first-order valence-corrected chi connectivity index (χ1v) is 8.08. The molecule has 2 aromatic carbocycles. The van der Waals surface area contributed by atoms with Crippen molar-refractivity contribution in [1.82, 2.24) is 5.32 Å². The molecule has 0 bridgehead atoms. The van der Waals surface area contributed by atoms with Gasteiger partial charge in [0.1, 0.15) is 6.10 Å². The van der Waals surface area contributed by atoms with Gasteiger partial charge in [0.05, 0.1) is 0 Å². The highest BCUT2D eigenvalue weighted by Gasteiger charge is 2.25. The Labute approximate surface area is 150 Å². The number of phenolic OH excluding ortho intramolecular Hbond substituents is 1. The topological polar surface area (TPSA) is 95.9 Å². The number of hydrogen-bond donors (Lipinski definition) is 3. The number of carbonyl (C=O) groups excluding carboxylic acids is 2. The van der Waals surface area contributed by atoms with E-state index in [2.05, 4.69) is 5.32 Å². The molecule has 3 N–H and O–H groups in total. The Balaban J connectivity index is 2.14. The lowest BCUT2D eigenvalue weighted by molar-refractivity contribution is 0.0543. The standard InChI is InChI=1S/C19H20FNO5/c1-12(9-10-22)17(14-7-8-16(23)15(20)11-14)26-19(25)21-18(24)13-5-3-2-4-6-13/h2-8,11-12,17,22-23H,9-10H2,1H3,(H,21,24,25)/t12-,17-/m1/s1. The summed E-state index contributed by atoms with van der Waals surface area (Å²) in [5, 5.41) is 20.6. The summed E-state index contributed by atoms with van der Waals surface area (Å²) < 4.78 is 19.0. The van der Waals surface area contributed by atoms with Crippen molar-refractivity contribution in [3.8, 4) is 5.75 Å². The van der Waals surface area contributed by atoms with Crippen molar-refractivity contribution in [2.24, 2.45) is 5.92 Å². The highest BCUT2D eigenvalue weighted by atomic mass is 19.1. The van der Waals surface area contributed by atoms with Crippen molar-refractivity contribution in [1.29, 1.82) is 0 Å². The fraction of sp³-hybridized carbons (Fsp3) is 0.263. The van der Waals surface area contributed by atoms with Gasteiger partial charge in [0.15, 0.2) is 11.6 Å². The lowest BCUT2D eigenvalue weighted by Crippen LogP contribution is -2.33. The number of nitrogens with one attached hydrogen (secondary N) is 1. The number of aliphatic hydroxyl groups is 1. The number of phenols is 1. The fourth-order valence-electron chi connectivity index (χ4n) is 2.47. The second-order valence-electron chi connectivity index (χ2n) is 5.85. The monoisotopic (exact) mass is 361 g/mol. The van der Waals surface area contributed by atoms with Gasteiger partial charge in [-0.1, -0.05) is 31.2 Å². The number of alkyl carbamates (subject to hydrolysis) is 1. The van der Waals surface area contributed by atoms with E-state index in [-0.39, 0.29) is 12.5 Å². The molecule has 0 aliphatic carbocycles. The molecule has 0 aliphatic heterocycles. The molecule has 26 heavy (non-hydrogen) atoms. The Kier molecular flexibility index (Phi) is 6.68. The third-order valence-corrected chi connectivity index (χ3v) is 3.89. The summed E-state index contributed by atoms with van der Waals surface area (Å²) in [5.74, 6) is -2.35. The minimum absolute atomic E-state index is 0.147. The number of ether oxygens (including phenoxy) is 1. The van der Waals surface area contributed by atoms with Crippen LogP contribution in [0.4, 0.5) is 9.18 Å². The van der Waals surface area contributed by atoms with E-state index in [0.717, 1.165) is 12.1 Å². The number of aliphatic hydroxyl groups excluding tert-OH is 1. The van der Waals surface area contributed by atoms with Crippen LogP contribution in [-0.4, -0.2) is 28.8 Å². The van der Waals surface area contributed by atoms with Gasteiger partial charge in [0, 0.05) is 12.2 Å². The lowest BCUT2D eigenvalue weighted by Gasteiger charge is -2.24. The summed E-state index contributed by atoms with van der Waals surface area (Å²) in [6.45, 7) is 1.57. The van der Waals surface area contributed by atoms with Crippen LogP contribution in [0.1, 0.15) is 35.4 Å². The molecule has 0 aromatic heterocycles. The molecule has 7 heteroatoms. The Morgan fingerprint density at radius 3 is 2.50 bits per heavy atom. The van der Waals surface area contributed by atoms with E-state index in [1.165, 1.54) is 6.07 Å². The molecule has 0 heterocycles. The largest absolute Gasteiger partial charge is 0.505 e. The van der Waals surface area contributed by atoms with E-state index in [4.69, 9.17) is 9.84 Å². The number of halogens is 1. The fourth-order valence-corrected chi connectivity index (χ4v) is 2.47. The zero-order valence-corrected chi connectivity index (χ0v) is 14.2. The maximum Gasteiger partial charge on any atom is 0.414 e. The molecule has 0 saturated carbocycles. The van der Waals surface area contributed by atoms with Gasteiger partial charge in [0.2, 0.25) is 0 Å². The number of imide groups is 1. The summed E-state index contributed by atoms with van der Waals surface area (Å²) >= 11 is 0. The van der Waals surface area contributed by atoms with Gasteiger partial charge in [0.25, 0.3) is 5.91 Å². The summed E-state index contributed by atoms with van der Waals surface area (Å²) in [5.41, 5.74) is 0.601. The van der Waals surface area contributed by atoms with E-state index >= 15 is 0 Å². The van der Waals surface area contributed by atoms with Gasteiger partial charge < -0.3 is 14.9 Å². The molecular weight excluding hydrogens is 341 g/mol. The van der Waals surface area contributed by atoms with Crippen LogP contribution >= 0.6 is 0 Å². The number of carbonyl (C=O) groups is 2. The third kappa shape index (κ3) is 5.03. The Morgan fingerprint density at radius 2 is 1.88 bits per heavy atom. The van der Waals surface area contributed by atoms with Gasteiger partial charge in [-0.2, -0.15) is 0 Å². The summed E-state index contributed by atoms with van der Waals surface area (Å²) in [7, 11) is 0. The SMILES string of the molecule is C[C@H](CCO)[C@@H](OC(=O)NC(=O)c1ccccc1)c1ccc(O)c(F)c1. The Morgan fingerprint density at radius 1 is 1.19 bits per heavy atom. The first-order chi connectivity index (χ1) is 12.4. The quantitative estimate of drug-likeness (QED) is 0.734. The van der Waals surface area contributed by atoms with Gasteiger partial charge in [-0.15, -0.1) is 0 Å². The third-order valence-electron chi connectivity index (χ3n) is 3.89. The second-order valence-corrected chi connectivity index (χ2v) is 5.85. The highest BCUT2D eigenvalue weighted by Crippen LogP contribution is 2.30. The molecule has 2 aromatic rings. The van der Waals surface area contributed by atoms with Crippen LogP contribution in [0.15, 0.2) is 48.5 Å². The lowest BCUT2D eigenvalue weighted by atomic mass is 9.94. The van der Waals surface area contributed by atoms with Crippen LogP contribution in [-0.2, 0) is 4.74 Å². The van der Waals surface area contributed by atoms with Crippen LogP contribution in [0.2, 0.25) is 0 Å². The number of aromatic hydroxyl groups is 1. The van der Waals surface area contributed by atoms with E-state index in [0.29, 0.717) is 17.5 Å². The van der Waals surface area contributed by atoms with E-state index in [1.54, 1.807) is 37.3 Å². The molecule has 6 nitrogen and oxygen atoms in total. The van der Waals surface area contributed by atoms with Crippen LogP contribution < -0.4 is 5.32 Å². The minimum atomic E-state index is -0.984. The van der Waals surface area contributed by atoms with Gasteiger partial charge >= 0.3 is 6.09 Å². The van der Waals surface area contributed by atoms with Crippen molar-refractivity contribution in [2.75, 3.05) is 6.61 Å². The smallest absolute Gasteiger partial charge is 0.414 e. The molecular formula is C19H20FNO5. The molecule has 0 spiro atoms. The molecule has 0 unspecified atom stereocenters. The maximum atomic E-state index is 13.6. The van der Waals surface area contributed by atoms with Crippen molar-refractivity contribution < 1.29 is 28.9 Å². The zero-order valence-electron chi connectivity index (χ0n) is 14.2. The highest BCUT2D eigenvalue weighted by molar-refractivity contribution is 6.02. The molecule has 0 aliphatic rings. The van der Waals surface area contributed by atoms with Crippen molar-refractivity contribution in [3.05, 3.63) is 65.5 Å². The van der Waals surface area contributed by atoms with Crippen molar-refractivity contribution in [2.45, 2.75) is 19.4 Å². The predicted octanol–water partition coefficient (Wildman–Crippen LogP) is 3.16. The van der Waals surface area contributed by atoms with Gasteiger partial charge in [-0.05, 0) is 42.2 Å². The van der Waals surface area contributed by atoms with E-state index < -0.39 is 29.7 Å². The Hall–Kier alpha value is -2.93. The number of benzene rings is 2. The zero-order chi connectivity index (χ0) is 19.1. The Bertz CT molecular complexity index is 766. The minimum Gasteiger partial charge on any atom is -0.505 e. The molecule has 0 radical (unpaired) electrons. The first kappa shape index (κ1) is 19.4. The van der Waals surface area contributed by atoms with E-state index in [1.807, 2.05) is 0 Å².